The summed E-state index contributed by atoms with van der Waals surface area (Å²) >= 11 is 5.90. The van der Waals surface area contributed by atoms with Crippen LogP contribution in [0.4, 0.5) is 0 Å². The lowest BCUT2D eigenvalue weighted by molar-refractivity contribution is 0.772. The fraction of sp³-hybridized carbons (Fsp3) is 0.571. The number of hydrogen-bond acceptors (Lipinski definition) is 1. The lowest BCUT2D eigenvalue weighted by atomic mass is 10.2. The lowest BCUT2D eigenvalue weighted by Gasteiger charge is -2.01. The first kappa shape index (κ1) is 7.61. The largest absolute Gasteiger partial charge is 0.349 e. The lowest BCUT2D eigenvalue weighted by Crippen LogP contribution is -2.02. The van der Waals surface area contributed by atoms with Crippen LogP contribution in [0, 0.1) is 0 Å². The van der Waals surface area contributed by atoms with Crippen LogP contribution in [0.3, 0.4) is 0 Å². The topological polar surface area (TPSA) is 28.7 Å². The molecule has 0 radical (unpaired) electrons. The van der Waals surface area contributed by atoms with E-state index in [0.29, 0.717) is 0 Å². The Hall–Kier alpha value is -0.500. The maximum Gasteiger partial charge on any atom is 0.107 e. The van der Waals surface area contributed by atoms with Gasteiger partial charge in [0, 0.05) is 24.2 Å². The van der Waals surface area contributed by atoms with Crippen LogP contribution in [-0.4, -0.2) is 15.3 Å². The Balaban J connectivity index is 2.40. The van der Waals surface area contributed by atoms with E-state index in [1.807, 2.05) is 6.20 Å². The number of nitrogens with zero attached hydrogens (tertiary/aromatic N) is 1. The highest BCUT2D eigenvalue weighted by molar-refractivity contribution is 6.20. The Morgan fingerprint density at radius 2 is 2.60 bits per heavy atom. The zero-order valence-electron chi connectivity index (χ0n) is 5.97. The zero-order chi connectivity index (χ0) is 7.40. The Kier molecular flexibility index (Phi) is 2.75. The molecular formula is C7H11ClN2. The van der Waals surface area contributed by atoms with Crippen LogP contribution in [0.25, 0.3) is 0 Å². The van der Waals surface area contributed by atoms with E-state index in [9.17, 15) is 0 Å². The molecule has 0 bridgehead atoms. The van der Waals surface area contributed by atoms with Crippen molar-refractivity contribution in [2.24, 2.45) is 0 Å². The van der Waals surface area contributed by atoms with Gasteiger partial charge in [-0.3, -0.25) is 0 Å². The highest BCUT2D eigenvalue weighted by Gasteiger charge is 2.03. The second kappa shape index (κ2) is 3.62. The minimum absolute atomic E-state index is 0.214. The fourth-order valence-electron chi connectivity index (χ4n) is 0.764. The highest BCUT2D eigenvalue weighted by atomic mass is 35.5. The summed E-state index contributed by atoms with van der Waals surface area (Å²) in [4.78, 5) is 7.07. The first-order valence-corrected chi connectivity index (χ1v) is 3.89. The molecule has 3 heteroatoms. The molecule has 1 heterocycles. The molecule has 0 aliphatic rings. The molecular weight excluding hydrogens is 148 g/mol. The van der Waals surface area contributed by atoms with Gasteiger partial charge < -0.3 is 4.98 Å². The number of H-pyrrole nitrogens is 1. The van der Waals surface area contributed by atoms with Gasteiger partial charge in [-0.2, -0.15) is 0 Å². The van der Waals surface area contributed by atoms with Gasteiger partial charge in [-0.15, -0.1) is 11.6 Å². The third-order valence-corrected chi connectivity index (χ3v) is 1.88. The number of nitrogens with one attached hydrogen (secondary N) is 1. The molecule has 0 aromatic carbocycles. The predicted octanol–water partition coefficient (Wildman–Crippen LogP) is 1.97. The van der Waals surface area contributed by atoms with E-state index in [1.165, 1.54) is 0 Å². The molecule has 0 fully saturated rings. The van der Waals surface area contributed by atoms with Crippen LogP contribution < -0.4 is 0 Å². The van der Waals surface area contributed by atoms with E-state index in [0.717, 1.165) is 18.7 Å². The molecule has 1 aromatic heterocycles. The Labute approximate surface area is 65.6 Å². The maximum absolute atomic E-state index is 5.90. The molecule has 1 atom stereocenters. The van der Waals surface area contributed by atoms with Crippen LogP contribution in [0.1, 0.15) is 19.2 Å². The number of aromatic nitrogens is 2. The second-order valence-electron chi connectivity index (χ2n) is 2.25. The summed E-state index contributed by atoms with van der Waals surface area (Å²) < 4.78 is 0. The van der Waals surface area contributed by atoms with E-state index in [-0.39, 0.29) is 5.38 Å². The van der Waals surface area contributed by atoms with Crippen molar-refractivity contribution in [3.63, 3.8) is 0 Å². The summed E-state index contributed by atoms with van der Waals surface area (Å²) in [5.41, 5.74) is 0. The van der Waals surface area contributed by atoms with E-state index >= 15 is 0 Å². The van der Waals surface area contributed by atoms with Crippen molar-refractivity contribution in [1.82, 2.24) is 9.97 Å². The van der Waals surface area contributed by atoms with Gasteiger partial charge in [0.1, 0.15) is 5.82 Å². The van der Waals surface area contributed by atoms with E-state index in [4.69, 9.17) is 11.6 Å². The van der Waals surface area contributed by atoms with Gasteiger partial charge in [0.15, 0.2) is 0 Å². The van der Waals surface area contributed by atoms with Crippen LogP contribution in [0.15, 0.2) is 12.4 Å². The third kappa shape index (κ3) is 2.03. The number of halogens is 1. The van der Waals surface area contributed by atoms with Crippen molar-refractivity contribution in [3.8, 4) is 0 Å². The van der Waals surface area contributed by atoms with Gasteiger partial charge in [0.25, 0.3) is 0 Å². The number of imidazole rings is 1. The monoisotopic (exact) mass is 158 g/mol. The predicted molar refractivity (Wildman–Crippen MR) is 42.2 cm³/mol. The van der Waals surface area contributed by atoms with Crippen molar-refractivity contribution < 1.29 is 0 Å². The molecule has 56 valence electrons. The van der Waals surface area contributed by atoms with Crippen LogP contribution in [-0.2, 0) is 6.42 Å². The summed E-state index contributed by atoms with van der Waals surface area (Å²) in [5.74, 6) is 0.974. The van der Waals surface area contributed by atoms with Crippen molar-refractivity contribution in [2.75, 3.05) is 0 Å². The molecule has 10 heavy (non-hydrogen) atoms. The average molecular weight is 159 g/mol. The summed E-state index contributed by atoms with van der Waals surface area (Å²) in [7, 11) is 0. The molecule has 2 nitrogen and oxygen atoms in total. The Morgan fingerprint density at radius 1 is 1.80 bits per heavy atom. The summed E-state index contributed by atoms with van der Waals surface area (Å²) in [5, 5.41) is 0.214. The molecule has 1 unspecified atom stereocenters. The van der Waals surface area contributed by atoms with Gasteiger partial charge in [0.2, 0.25) is 0 Å². The van der Waals surface area contributed by atoms with E-state index < -0.39 is 0 Å². The minimum Gasteiger partial charge on any atom is -0.349 e. The van der Waals surface area contributed by atoms with Gasteiger partial charge >= 0.3 is 0 Å². The van der Waals surface area contributed by atoms with Crippen LogP contribution in [0.5, 0.6) is 0 Å². The zero-order valence-corrected chi connectivity index (χ0v) is 6.73. The number of aromatic amines is 1. The number of rotatable bonds is 3. The molecule has 0 saturated carbocycles. The smallest absolute Gasteiger partial charge is 0.107 e. The molecule has 0 saturated heterocycles. The number of hydrogen-bond donors (Lipinski definition) is 1. The molecule has 0 aliphatic carbocycles. The third-order valence-electron chi connectivity index (χ3n) is 1.41. The molecule has 1 N–H and O–H groups in total. The summed E-state index contributed by atoms with van der Waals surface area (Å²) in [6, 6.07) is 0. The van der Waals surface area contributed by atoms with Gasteiger partial charge in [0.05, 0.1) is 0 Å². The average Bonchev–Trinajstić information content (AvgIpc) is 2.40. The Bertz CT molecular complexity index is 172. The minimum atomic E-state index is 0.214. The quantitative estimate of drug-likeness (QED) is 0.670. The van der Waals surface area contributed by atoms with Crippen molar-refractivity contribution in [2.45, 2.75) is 25.1 Å². The second-order valence-corrected chi connectivity index (χ2v) is 2.86. The van der Waals surface area contributed by atoms with E-state index in [2.05, 4.69) is 16.9 Å². The molecule has 0 spiro atoms. The standard InChI is InChI=1S/C7H11ClN2/c1-2-6(8)5-7-9-3-4-10-7/h3-4,6H,2,5H2,1H3,(H,9,10). The highest BCUT2D eigenvalue weighted by Crippen LogP contribution is 2.06. The molecule has 0 aliphatic heterocycles. The van der Waals surface area contributed by atoms with Gasteiger partial charge in [-0.25, -0.2) is 4.98 Å². The number of alkyl halides is 1. The van der Waals surface area contributed by atoms with Gasteiger partial charge in [-0.05, 0) is 6.42 Å². The Morgan fingerprint density at radius 3 is 3.10 bits per heavy atom. The fourth-order valence-corrected chi connectivity index (χ4v) is 0.910. The first-order valence-electron chi connectivity index (χ1n) is 3.45. The summed E-state index contributed by atoms with van der Waals surface area (Å²) in [6.07, 6.45) is 5.39. The van der Waals surface area contributed by atoms with Gasteiger partial charge in [-0.1, -0.05) is 6.92 Å². The van der Waals surface area contributed by atoms with Crippen LogP contribution in [0.2, 0.25) is 0 Å². The maximum atomic E-state index is 5.90. The normalized spacial score (nSPS) is 13.4. The summed E-state index contributed by atoms with van der Waals surface area (Å²) in [6.45, 7) is 2.07. The van der Waals surface area contributed by atoms with Crippen molar-refractivity contribution >= 4 is 11.6 Å². The molecule has 1 aromatic rings. The molecule has 1 rings (SSSR count). The van der Waals surface area contributed by atoms with Crippen molar-refractivity contribution in [3.05, 3.63) is 18.2 Å². The molecule has 0 amide bonds. The van der Waals surface area contributed by atoms with E-state index in [1.54, 1.807) is 6.20 Å². The van der Waals surface area contributed by atoms with Crippen molar-refractivity contribution in [1.29, 1.82) is 0 Å². The first-order chi connectivity index (χ1) is 4.83. The SMILES string of the molecule is CCC(Cl)Cc1ncc[nH]1. The van der Waals surface area contributed by atoms with Crippen LogP contribution >= 0.6 is 11.6 Å².